The molecule has 1 atom stereocenters. The molecule has 1 aliphatic heterocycles. The van der Waals surface area contributed by atoms with E-state index in [2.05, 4.69) is 28.5 Å². The number of morpholine rings is 1. The molecule has 0 bridgehead atoms. The SMILES string of the molecule is CCNC(=O)Nc1ccc(-c2cc(-c3ccccc3C#N)nc(N3CCOC[C@@H]3C)n2)cc1. The van der Waals surface area contributed by atoms with Crippen molar-refractivity contribution in [2.45, 2.75) is 19.9 Å². The van der Waals surface area contributed by atoms with Gasteiger partial charge in [-0.2, -0.15) is 5.26 Å². The van der Waals surface area contributed by atoms with Gasteiger partial charge in [-0.25, -0.2) is 14.8 Å². The molecule has 168 valence electrons. The Balaban J connectivity index is 1.75. The van der Waals surface area contributed by atoms with Gasteiger partial charge in [-0.1, -0.05) is 30.3 Å². The van der Waals surface area contributed by atoms with Crippen molar-refractivity contribution in [3.05, 3.63) is 60.2 Å². The highest BCUT2D eigenvalue weighted by Gasteiger charge is 2.23. The third-order valence-electron chi connectivity index (χ3n) is 5.44. The van der Waals surface area contributed by atoms with Crippen molar-refractivity contribution in [2.24, 2.45) is 0 Å². The van der Waals surface area contributed by atoms with Gasteiger partial charge in [0.1, 0.15) is 0 Å². The molecule has 2 N–H and O–H groups in total. The summed E-state index contributed by atoms with van der Waals surface area (Å²) >= 11 is 0. The Bertz CT molecular complexity index is 1170. The highest BCUT2D eigenvalue weighted by molar-refractivity contribution is 5.89. The van der Waals surface area contributed by atoms with Crippen LogP contribution in [0.5, 0.6) is 0 Å². The normalized spacial score (nSPS) is 15.5. The first-order valence-electron chi connectivity index (χ1n) is 11.0. The number of carbonyl (C=O) groups excluding carboxylic acids is 1. The maximum atomic E-state index is 11.8. The Hall–Kier alpha value is -3.96. The minimum absolute atomic E-state index is 0.136. The molecule has 3 aromatic rings. The highest BCUT2D eigenvalue weighted by atomic mass is 16.5. The van der Waals surface area contributed by atoms with Crippen molar-refractivity contribution in [1.82, 2.24) is 15.3 Å². The quantitative estimate of drug-likeness (QED) is 0.618. The van der Waals surface area contributed by atoms with Gasteiger partial charge in [-0.05, 0) is 38.1 Å². The molecule has 8 nitrogen and oxygen atoms in total. The van der Waals surface area contributed by atoms with Crippen molar-refractivity contribution in [3.8, 4) is 28.6 Å². The number of anilines is 2. The third-order valence-corrected chi connectivity index (χ3v) is 5.44. The number of urea groups is 1. The zero-order valence-corrected chi connectivity index (χ0v) is 18.7. The van der Waals surface area contributed by atoms with Gasteiger partial charge in [-0.15, -0.1) is 0 Å². The molecule has 8 heteroatoms. The van der Waals surface area contributed by atoms with E-state index >= 15 is 0 Å². The van der Waals surface area contributed by atoms with Crippen LogP contribution in [-0.4, -0.2) is 48.3 Å². The first-order chi connectivity index (χ1) is 16.1. The molecule has 0 aliphatic carbocycles. The summed E-state index contributed by atoms with van der Waals surface area (Å²) in [6, 6.07) is 19.0. The number of amides is 2. The largest absolute Gasteiger partial charge is 0.377 e. The van der Waals surface area contributed by atoms with Crippen molar-refractivity contribution < 1.29 is 9.53 Å². The molecule has 33 heavy (non-hydrogen) atoms. The summed E-state index contributed by atoms with van der Waals surface area (Å²) in [5, 5.41) is 15.1. The van der Waals surface area contributed by atoms with Gasteiger partial charge in [-0.3, -0.25) is 0 Å². The van der Waals surface area contributed by atoms with Crippen LogP contribution in [-0.2, 0) is 4.74 Å². The van der Waals surface area contributed by atoms with Gasteiger partial charge in [0.2, 0.25) is 5.95 Å². The van der Waals surface area contributed by atoms with E-state index in [1.165, 1.54) is 0 Å². The van der Waals surface area contributed by atoms with Crippen LogP contribution in [0.4, 0.5) is 16.4 Å². The molecular weight excluding hydrogens is 416 g/mol. The number of nitriles is 1. The average Bonchev–Trinajstić information content (AvgIpc) is 2.84. The minimum atomic E-state index is -0.244. The molecule has 1 aliphatic rings. The topological polar surface area (TPSA) is 103 Å². The van der Waals surface area contributed by atoms with Crippen molar-refractivity contribution >= 4 is 17.7 Å². The zero-order valence-electron chi connectivity index (χ0n) is 18.7. The first-order valence-corrected chi connectivity index (χ1v) is 11.0. The molecule has 2 amide bonds. The Kier molecular flexibility index (Phi) is 6.81. The van der Waals surface area contributed by atoms with Gasteiger partial charge < -0.3 is 20.3 Å². The summed E-state index contributed by atoms with van der Waals surface area (Å²) in [4.78, 5) is 23.6. The van der Waals surface area contributed by atoms with E-state index in [1.54, 1.807) is 6.07 Å². The van der Waals surface area contributed by atoms with Crippen molar-refractivity contribution in [1.29, 1.82) is 5.26 Å². The van der Waals surface area contributed by atoms with E-state index in [0.717, 1.165) is 16.8 Å². The standard InChI is InChI=1S/C25H26N6O2/c1-3-27-25(32)28-20-10-8-18(9-11-20)22-14-23(21-7-5-4-6-19(21)15-26)30-24(29-22)31-12-13-33-16-17(31)2/h4-11,14,17H,3,12-13,16H2,1-2H3,(H2,27,28,32)/t17-/m0/s1. The average molecular weight is 443 g/mol. The number of nitrogens with one attached hydrogen (secondary N) is 2. The minimum Gasteiger partial charge on any atom is -0.377 e. The van der Waals surface area contributed by atoms with Crippen LogP contribution in [0.3, 0.4) is 0 Å². The number of nitrogens with zero attached hydrogens (tertiary/aromatic N) is 4. The van der Waals surface area contributed by atoms with Gasteiger partial charge >= 0.3 is 6.03 Å². The lowest BCUT2D eigenvalue weighted by molar-refractivity contribution is 0.0981. The summed E-state index contributed by atoms with van der Waals surface area (Å²) in [6.07, 6.45) is 0. The molecule has 4 rings (SSSR count). The zero-order chi connectivity index (χ0) is 23.2. The lowest BCUT2D eigenvalue weighted by Gasteiger charge is -2.33. The van der Waals surface area contributed by atoms with E-state index in [0.29, 0.717) is 49.2 Å². The Morgan fingerprint density at radius 2 is 1.94 bits per heavy atom. The summed E-state index contributed by atoms with van der Waals surface area (Å²) in [5.41, 5.74) is 4.33. The number of hydrogen-bond donors (Lipinski definition) is 2. The number of rotatable bonds is 5. The number of ether oxygens (including phenoxy) is 1. The fourth-order valence-electron chi connectivity index (χ4n) is 3.74. The van der Waals surface area contributed by atoms with Gasteiger partial charge in [0.25, 0.3) is 0 Å². The van der Waals surface area contributed by atoms with E-state index in [-0.39, 0.29) is 12.1 Å². The van der Waals surface area contributed by atoms with Crippen molar-refractivity contribution in [3.63, 3.8) is 0 Å². The van der Waals surface area contributed by atoms with Crippen LogP contribution in [0.2, 0.25) is 0 Å². The first kappa shape index (κ1) is 22.2. The highest BCUT2D eigenvalue weighted by Crippen LogP contribution is 2.30. The summed E-state index contributed by atoms with van der Waals surface area (Å²) in [7, 11) is 0. The number of carbonyl (C=O) groups is 1. The molecule has 1 fully saturated rings. The molecule has 0 radical (unpaired) electrons. The summed E-state index contributed by atoms with van der Waals surface area (Å²) < 4.78 is 5.58. The van der Waals surface area contributed by atoms with Crippen LogP contribution in [0.15, 0.2) is 54.6 Å². The van der Waals surface area contributed by atoms with Gasteiger partial charge in [0.15, 0.2) is 0 Å². The van der Waals surface area contributed by atoms with Crippen LogP contribution in [0.1, 0.15) is 19.4 Å². The predicted molar refractivity (Wildman–Crippen MR) is 128 cm³/mol. The van der Waals surface area contributed by atoms with Gasteiger partial charge in [0, 0.05) is 29.9 Å². The van der Waals surface area contributed by atoms with E-state index in [4.69, 9.17) is 14.7 Å². The Morgan fingerprint density at radius 3 is 2.67 bits per heavy atom. The smallest absolute Gasteiger partial charge is 0.319 e. The van der Waals surface area contributed by atoms with Crippen LogP contribution < -0.4 is 15.5 Å². The number of hydrogen-bond acceptors (Lipinski definition) is 6. The molecule has 2 aromatic carbocycles. The summed E-state index contributed by atoms with van der Waals surface area (Å²) in [6.45, 7) is 6.42. The Labute approximate surface area is 193 Å². The third kappa shape index (κ3) is 5.10. The molecule has 0 spiro atoms. The predicted octanol–water partition coefficient (Wildman–Crippen LogP) is 4.05. The molecule has 0 unspecified atom stereocenters. The monoisotopic (exact) mass is 442 g/mol. The van der Waals surface area contributed by atoms with Crippen LogP contribution >= 0.6 is 0 Å². The molecule has 1 saturated heterocycles. The van der Waals surface area contributed by atoms with E-state index < -0.39 is 0 Å². The van der Waals surface area contributed by atoms with Gasteiger partial charge in [0.05, 0.1) is 42.3 Å². The Morgan fingerprint density at radius 1 is 1.18 bits per heavy atom. The van der Waals surface area contributed by atoms with Crippen molar-refractivity contribution in [2.75, 3.05) is 36.5 Å². The fourth-order valence-corrected chi connectivity index (χ4v) is 3.74. The second-order valence-electron chi connectivity index (χ2n) is 7.77. The lowest BCUT2D eigenvalue weighted by Crippen LogP contribution is -2.44. The number of aromatic nitrogens is 2. The maximum Gasteiger partial charge on any atom is 0.319 e. The fraction of sp³-hybridized carbons (Fsp3) is 0.280. The summed E-state index contributed by atoms with van der Waals surface area (Å²) in [5.74, 6) is 0.607. The van der Waals surface area contributed by atoms with E-state index in [1.807, 2.05) is 55.5 Å². The van der Waals surface area contributed by atoms with Crippen LogP contribution in [0, 0.1) is 11.3 Å². The molecular formula is C25H26N6O2. The second-order valence-corrected chi connectivity index (χ2v) is 7.77. The number of benzene rings is 2. The maximum absolute atomic E-state index is 11.8. The molecule has 1 aromatic heterocycles. The van der Waals surface area contributed by atoms with Crippen LogP contribution in [0.25, 0.3) is 22.5 Å². The second kappa shape index (κ2) is 10.1. The molecule has 2 heterocycles. The lowest BCUT2D eigenvalue weighted by atomic mass is 10.0. The van der Waals surface area contributed by atoms with E-state index in [9.17, 15) is 10.1 Å². The molecule has 0 saturated carbocycles.